The lowest BCUT2D eigenvalue weighted by Crippen LogP contribution is -2.50. The second-order valence-electron chi connectivity index (χ2n) is 3.79. The molecule has 2 heteroatoms. The number of hydrogen-bond acceptors (Lipinski definition) is 2. The first-order valence-electron chi connectivity index (χ1n) is 4.82. The van der Waals surface area contributed by atoms with Crippen LogP contribution in [0.25, 0.3) is 0 Å². The fourth-order valence-electron chi connectivity index (χ4n) is 1.83. The minimum absolute atomic E-state index is 0.708. The van der Waals surface area contributed by atoms with Crippen molar-refractivity contribution < 1.29 is 0 Å². The Balaban J connectivity index is 2.07. The molecule has 0 aromatic heterocycles. The molecule has 2 N–H and O–H groups in total. The summed E-state index contributed by atoms with van der Waals surface area (Å²) in [6.07, 6.45) is 0. The third-order valence-electron chi connectivity index (χ3n) is 2.75. The normalized spacial score (nSPS) is 17.2. The van der Waals surface area contributed by atoms with Crippen LogP contribution < -0.4 is 10.6 Å². The van der Waals surface area contributed by atoms with Crippen molar-refractivity contribution >= 4 is 5.69 Å². The zero-order valence-electron chi connectivity index (χ0n) is 8.03. The topological polar surface area (TPSA) is 29.3 Å². The van der Waals surface area contributed by atoms with E-state index in [2.05, 4.69) is 36.1 Å². The number of anilines is 1. The zero-order valence-corrected chi connectivity index (χ0v) is 8.03. The molecule has 1 aliphatic heterocycles. The molecule has 2 nitrogen and oxygen atoms in total. The van der Waals surface area contributed by atoms with Gasteiger partial charge in [-0.25, -0.2) is 0 Å². The standard InChI is InChI=1S/C11H16N2/c1-9-4-2-3-5-11(9)13-7-10(6-12)8-13/h2-5,10H,6-8,12H2,1H3. The summed E-state index contributed by atoms with van der Waals surface area (Å²) in [6.45, 7) is 5.23. The Labute approximate surface area is 79.4 Å². The van der Waals surface area contributed by atoms with Gasteiger partial charge in [0.25, 0.3) is 0 Å². The van der Waals surface area contributed by atoms with Gasteiger partial charge in [0.2, 0.25) is 0 Å². The summed E-state index contributed by atoms with van der Waals surface area (Å²) in [5, 5.41) is 0. The van der Waals surface area contributed by atoms with E-state index in [0.717, 1.165) is 19.6 Å². The maximum Gasteiger partial charge on any atom is 0.0396 e. The Kier molecular flexibility index (Phi) is 2.23. The van der Waals surface area contributed by atoms with E-state index in [-0.39, 0.29) is 0 Å². The summed E-state index contributed by atoms with van der Waals surface area (Å²) in [7, 11) is 0. The summed E-state index contributed by atoms with van der Waals surface area (Å²) in [4.78, 5) is 2.40. The Morgan fingerprint density at radius 3 is 2.69 bits per heavy atom. The van der Waals surface area contributed by atoms with Crippen molar-refractivity contribution in [3.8, 4) is 0 Å². The lowest BCUT2D eigenvalue weighted by Gasteiger charge is -2.41. The van der Waals surface area contributed by atoms with E-state index in [1.54, 1.807) is 0 Å². The van der Waals surface area contributed by atoms with Gasteiger partial charge in [0.05, 0.1) is 0 Å². The van der Waals surface area contributed by atoms with Gasteiger partial charge in [-0.3, -0.25) is 0 Å². The number of rotatable bonds is 2. The van der Waals surface area contributed by atoms with E-state index < -0.39 is 0 Å². The first-order chi connectivity index (χ1) is 6.31. The largest absolute Gasteiger partial charge is 0.371 e. The molecule has 13 heavy (non-hydrogen) atoms. The van der Waals surface area contributed by atoms with Crippen LogP contribution in [0.3, 0.4) is 0 Å². The predicted octanol–water partition coefficient (Wildman–Crippen LogP) is 1.39. The van der Waals surface area contributed by atoms with Crippen LogP contribution in [0.4, 0.5) is 5.69 Å². The summed E-state index contributed by atoms with van der Waals surface area (Å²) < 4.78 is 0. The minimum Gasteiger partial charge on any atom is -0.371 e. The van der Waals surface area contributed by atoms with Crippen LogP contribution in [0.2, 0.25) is 0 Å². The molecule has 0 atom stereocenters. The van der Waals surface area contributed by atoms with E-state index in [0.29, 0.717) is 5.92 Å². The van der Waals surface area contributed by atoms with Gasteiger partial charge in [0.15, 0.2) is 0 Å². The molecular formula is C11H16N2. The van der Waals surface area contributed by atoms with Gasteiger partial charge in [-0.2, -0.15) is 0 Å². The molecule has 0 aliphatic carbocycles. The summed E-state index contributed by atoms with van der Waals surface area (Å²) in [6, 6.07) is 8.52. The van der Waals surface area contributed by atoms with Gasteiger partial charge in [-0.05, 0) is 25.1 Å². The number of nitrogens with zero attached hydrogens (tertiary/aromatic N) is 1. The molecule has 0 spiro atoms. The van der Waals surface area contributed by atoms with Crippen LogP contribution >= 0.6 is 0 Å². The highest BCUT2D eigenvalue weighted by molar-refractivity contribution is 5.54. The maximum absolute atomic E-state index is 5.59. The van der Waals surface area contributed by atoms with Crippen molar-refractivity contribution in [1.29, 1.82) is 0 Å². The van der Waals surface area contributed by atoms with E-state index in [4.69, 9.17) is 5.73 Å². The van der Waals surface area contributed by atoms with E-state index >= 15 is 0 Å². The summed E-state index contributed by atoms with van der Waals surface area (Å²) >= 11 is 0. The quantitative estimate of drug-likeness (QED) is 0.738. The highest BCUT2D eigenvalue weighted by atomic mass is 15.2. The molecule has 0 unspecified atom stereocenters. The average molecular weight is 176 g/mol. The van der Waals surface area contributed by atoms with Crippen molar-refractivity contribution in [2.45, 2.75) is 6.92 Å². The van der Waals surface area contributed by atoms with Crippen LogP contribution in [-0.4, -0.2) is 19.6 Å². The molecule has 0 radical (unpaired) electrons. The highest BCUT2D eigenvalue weighted by Gasteiger charge is 2.25. The van der Waals surface area contributed by atoms with Crippen LogP contribution in [0.1, 0.15) is 5.56 Å². The number of aryl methyl sites for hydroxylation is 1. The molecule has 0 bridgehead atoms. The SMILES string of the molecule is Cc1ccccc1N1CC(CN)C1. The Bertz CT molecular complexity index is 290. The molecule has 0 amide bonds. The zero-order chi connectivity index (χ0) is 9.26. The van der Waals surface area contributed by atoms with Crippen molar-refractivity contribution in [1.82, 2.24) is 0 Å². The molecule has 1 fully saturated rings. The molecule has 70 valence electrons. The first-order valence-corrected chi connectivity index (χ1v) is 4.82. The second kappa shape index (κ2) is 3.38. The second-order valence-corrected chi connectivity index (χ2v) is 3.79. The van der Waals surface area contributed by atoms with E-state index in [9.17, 15) is 0 Å². The molecule has 0 saturated carbocycles. The van der Waals surface area contributed by atoms with E-state index in [1.807, 2.05) is 0 Å². The Hall–Kier alpha value is -1.02. The fourth-order valence-corrected chi connectivity index (χ4v) is 1.83. The van der Waals surface area contributed by atoms with E-state index in [1.165, 1.54) is 11.3 Å². The number of benzene rings is 1. The van der Waals surface area contributed by atoms with Gasteiger partial charge in [0.1, 0.15) is 0 Å². The maximum atomic E-state index is 5.59. The summed E-state index contributed by atoms with van der Waals surface area (Å²) in [5.74, 6) is 0.708. The molecule has 1 saturated heterocycles. The molecule has 1 heterocycles. The van der Waals surface area contributed by atoms with Crippen LogP contribution in [-0.2, 0) is 0 Å². The molecule has 2 rings (SSSR count). The Morgan fingerprint density at radius 2 is 2.08 bits per heavy atom. The summed E-state index contributed by atoms with van der Waals surface area (Å²) in [5.41, 5.74) is 8.31. The third-order valence-corrected chi connectivity index (χ3v) is 2.75. The van der Waals surface area contributed by atoms with Gasteiger partial charge >= 0.3 is 0 Å². The van der Waals surface area contributed by atoms with Crippen LogP contribution in [0.15, 0.2) is 24.3 Å². The third kappa shape index (κ3) is 1.54. The van der Waals surface area contributed by atoms with Gasteiger partial charge < -0.3 is 10.6 Å². The highest BCUT2D eigenvalue weighted by Crippen LogP contribution is 2.26. The van der Waals surface area contributed by atoms with Crippen molar-refractivity contribution in [3.63, 3.8) is 0 Å². The molecule has 1 aromatic rings. The lowest BCUT2D eigenvalue weighted by molar-refractivity contribution is 0.420. The van der Waals surface area contributed by atoms with Crippen molar-refractivity contribution in [2.24, 2.45) is 11.7 Å². The molecule has 1 aliphatic rings. The predicted molar refractivity (Wildman–Crippen MR) is 55.9 cm³/mol. The van der Waals surface area contributed by atoms with Crippen molar-refractivity contribution in [2.75, 3.05) is 24.5 Å². The Morgan fingerprint density at radius 1 is 1.38 bits per heavy atom. The van der Waals surface area contributed by atoms with Crippen LogP contribution in [0.5, 0.6) is 0 Å². The van der Waals surface area contributed by atoms with Crippen molar-refractivity contribution in [3.05, 3.63) is 29.8 Å². The lowest BCUT2D eigenvalue weighted by atomic mass is 9.98. The molecule has 1 aromatic carbocycles. The van der Waals surface area contributed by atoms with Gasteiger partial charge in [-0.15, -0.1) is 0 Å². The monoisotopic (exact) mass is 176 g/mol. The number of nitrogens with two attached hydrogens (primary N) is 1. The smallest absolute Gasteiger partial charge is 0.0396 e. The number of hydrogen-bond donors (Lipinski definition) is 1. The van der Waals surface area contributed by atoms with Gasteiger partial charge in [0, 0.05) is 24.7 Å². The number of para-hydroxylation sites is 1. The minimum atomic E-state index is 0.708. The average Bonchev–Trinajstić information content (AvgIpc) is 2.06. The fraction of sp³-hybridized carbons (Fsp3) is 0.455. The van der Waals surface area contributed by atoms with Crippen LogP contribution in [0, 0.1) is 12.8 Å². The molecular weight excluding hydrogens is 160 g/mol. The van der Waals surface area contributed by atoms with Gasteiger partial charge in [-0.1, -0.05) is 18.2 Å². The first kappa shape index (κ1) is 8.57.